The van der Waals surface area contributed by atoms with Gasteiger partial charge < -0.3 is 70.0 Å². The highest BCUT2D eigenvalue weighted by Gasteiger charge is 2.83. The molecule has 14 nitrogen and oxygen atoms in total. The summed E-state index contributed by atoms with van der Waals surface area (Å²) in [6, 6.07) is 0. The highest BCUT2D eigenvalue weighted by Crippen LogP contribution is 2.89. The molecule has 22 atom stereocenters. The summed E-state index contributed by atoms with van der Waals surface area (Å²) in [6.45, 7) is 11.8. The van der Waals surface area contributed by atoms with Crippen LogP contribution < -0.4 is 0 Å². The van der Waals surface area contributed by atoms with Gasteiger partial charge in [0.25, 0.3) is 0 Å². The van der Waals surface area contributed by atoms with Gasteiger partial charge in [0.15, 0.2) is 12.6 Å². The first-order valence-corrected chi connectivity index (χ1v) is 21.1. The van der Waals surface area contributed by atoms with Gasteiger partial charge >= 0.3 is 0 Å². The van der Waals surface area contributed by atoms with Gasteiger partial charge in [-0.05, 0) is 117 Å². The van der Waals surface area contributed by atoms with Crippen LogP contribution in [0.4, 0.5) is 0 Å². The largest absolute Gasteiger partial charge is 0.394 e. The van der Waals surface area contributed by atoms with E-state index in [1.54, 1.807) is 0 Å². The molecule has 2 saturated heterocycles. The maximum Gasteiger partial charge on any atom is 0.186 e. The summed E-state index contributed by atoms with van der Waals surface area (Å²) in [7, 11) is 0. The van der Waals surface area contributed by atoms with E-state index in [-0.39, 0.29) is 46.0 Å². The minimum Gasteiger partial charge on any atom is -0.394 e. The SMILES string of the molecule is CC(C)=CC[C@H](O)[C@H](C)[C@H]1[C@@H](O)C[C@@]2(C)[C@H]3CC[C@H]4C(C)(CO[C@@H]5O[C@H](CO)[C@@H](O)[C@H](O)[C@H]5O)[C@@H](O[C@@H]5O[C@H](CO)[C@@H](O)[C@H](O)[C@H]5O)CC[C@@]45C[C@@]35CC[C@]12C. The van der Waals surface area contributed by atoms with Crippen LogP contribution in [0.15, 0.2) is 11.6 Å². The molecule has 7 rings (SSSR count). The van der Waals surface area contributed by atoms with E-state index in [1.165, 1.54) is 0 Å². The lowest BCUT2D eigenvalue weighted by Gasteiger charge is -2.64. The standard InChI is InChI=1S/C42H70O14/c1-20(2)7-8-22(45)21(3)29-23(46)15-40(6)27-10-9-26-38(4,19-53-36-34(51)32(49)30(47)24(16-43)54-36)28(56-37-35(52)33(50)31(48)25(17-44)55-37)11-12-41(26)18-42(27,41)14-13-39(29,40)5/h7,21-37,43-52H,8-19H2,1-6H3/t21-,22-,23-,24+,25+,26-,27+,28-,29-,30+,31+,32-,33-,34+,35+,36+,37-,38?,39+,40-,41+,42-/m0/s1. The summed E-state index contributed by atoms with van der Waals surface area (Å²) < 4.78 is 24.5. The van der Waals surface area contributed by atoms with Crippen molar-refractivity contribution in [3.63, 3.8) is 0 Å². The molecule has 0 amide bonds. The van der Waals surface area contributed by atoms with Gasteiger partial charge in [0.05, 0.1) is 38.1 Å². The third-order valence-electron chi connectivity index (χ3n) is 17.4. The van der Waals surface area contributed by atoms with E-state index in [0.717, 1.165) is 44.1 Å². The minimum absolute atomic E-state index is 0.00120. The first-order chi connectivity index (χ1) is 26.3. The Balaban J connectivity index is 1.18. The molecule has 56 heavy (non-hydrogen) atoms. The van der Waals surface area contributed by atoms with Gasteiger partial charge in [-0.1, -0.05) is 39.3 Å². The van der Waals surface area contributed by atoms with Crippen molar-refractivity contribution in [1.29, 1.82) is 0 Å². The van der Waals surface area contributed by atoms with Gasteiger partial charge in [-0.25, -0.2) is 0 Å². The van der Waals surface area contributed by atoms with Crippen LogP contribution in [-0.2, 0) is 18.9 Å². The lowest BCUT2D eigenvalue weighted by atomic mass is 9.41. The number of rotatable bonds is 11. The second kappa shape index (κ2) is 15.3. The van der Waals surface area contributed by atoms with Crippen molar-refractivity contribution >= 4 is 0 Å². The fourth-order valence-electron chi connectivity index (χ4n) is 14.2. The molecule has 5 saturated carbocycles. The Morgan fingerprint density at radius 2 is 1.30 bits per heavy atom. The third-order valence-corrected chi connectivity index (χ3v) is 17.4. The molecule has 7 aliphatic rings. The normalized spacial score (nSPS) is 54.9. The summed E-state index contributed by atoms with van der Waals surface area (Å²) in [4.78, 5) is 0. The molecule has 0 aromatic carbocycles. The van der Waals surface area contributed by atoms with Gasteiger partial charge in [-0.15, -0.1) is 0 Å². The van der Waals surface area contributed by atoms with Crippen molar-refractivity contribution in [2.45, 2.75) is 179 Å². The number of hydrogen-bond acceptors (Lipinski definition) is 14. The smallest absolute Gasteiger partial charge is 0.186 e. The van der Waals surface area contributed by atoms with Gasteiger partial charge in [0.1, 0.15) is 48.8 Å². The first-order valence-electron chi connectivity index (χ1n) is 21.1. The summed E-state index contributed by atoms with van der Waals surface area (Å²) in [5, 5.41) is 107. The number of aliphatic hydroxyl groups is 10. The predicted molar refractivity (Wildman–Crippen MR) is 200 cm³/mol. The van der Waals surface area contributed by atoms with E-state index in [2.05, 4.69) is 33.8 Å². The fraction of sp³-hybridized carbons (Fsp3) is 0.952. The Kier molecular flexibility index (Phi) is 11.8. The second-order valence-electron chi connectivity index (χ2n) is 20.1. The molecule has 0 bridgehead atoms. The van der Waals surface area contributed by atoms with Crippen molar-refractivity contribution in [3.05, 3.63) is 11.6 Å². The zero-order valence-electron chi connectivity index (χ0n) is 34.0. The van der Waals surface area contributed by atoms with E-state index >= 15 is 0 Å². The Labute approximate surface area is 330 Å². The summed E-state index contributed by atoms with van der Waals surface area (Å²) in [6.07, 6.45) is -6.88. The zero-order valence-corrected chi connectivity index (χ0v) is 34.0. The average Bonchev–Trinajstić information content (AvgIpc) is 3.77. The Morgan fingerprint density at radius 3 is 1.91 bits per heavy atom. The molecular weight excluding hydrogens is 728 g/mol. The Morgan fingerprint density at radius 1 is 0.732 bits per heavy atom. The zero-order chi connectivity index (χ0) is 40.9. The van der Waals surface area contributed by atoms with Crippen LogP contribution in [0.2, 0.25) is 0 Å². The summed E-state index contributed by atoms with van der Waals surface area (Å²) in [5.41, 5.74) is -0.0759. The quantitative estimate of drug-likeness (QED) is 0.103. The number of fused-ring (bicyclic) bond motifs is 2. The first kappa shape index (κ1) is 43.3. The molecule has 2 heterocycles. The van der Waals surface area contributed by atoms with Gasteiger partial charge in [-0.2, -0.15) is 0 Å². The number of aliphatic hydroxyl groups excluding tert-OH is 10. The maximum absolute atomic E-state index is 11.9. The lowest BCUT2D eigenvalue weighted by Crippen LogP contribution is -2.63. The van der Waals surface area contributed by atoms with Crippen molar-refractivity contribution in [3.8, 4) is 0 Å². The predicted octanol–water partition coefficient (Wildman–Crippen LogP) is 0.731. The van der Waals surface area contributed by atoms with Gasteiger partial charge in [-0.3, -0.25) is 0 Å². The number of ether oxygens (including phenoxy) is 4. The highest BCUT2D eigenvalue weighted by atomic mass is 16.7. The molecular formula is C42H70O14. The van der Waals surface area contributed by atoms with Crippen LogP contribution in [0.3, 0.4) is 0 Å². The van der Waals surface area contributed by atoms with Crippen LogP contribution in [-0.4, -0.2) is 151 Å². The molecule has 0 aromatic heterocycles. The molecule has 322 valence electrons. The maximum atomic E-state index is 11.9. The van der Waals surface area contributed by atoms with Crippen molar-refractivity contribution in [2.75, 3.05) is 19.8 Å². The third kappa shape index (κ3) is 6.34. The molecule has 5 aliphatic carbocycles. The van der Waals surface area contributed by atoms with Crippen LogP contribution in [0.5, 0.6) is 0 Å². The van der Waals surface area contributed by atoms with Crippen LogP contribution in [0.1, 0.15) is 99.3 Å². The topological polar surface area (TPSA) is 239 Å². The molecule has 14 heteroatoms. The highest BCUT2D eigenvalue weighted by molar-refractivity contribution is 5.31. The molecule has 7 fully saturated rings. The van der Waals surface area contributed by atoms with Gasteiger partial charge in [0.2, 0.25) is 0 Å². The van der Waals surface area contributed by atoms with E-state index in [0.29, 0.717) is 25.2 Å². The van der Waals surface area contributed by atoms with Crippen LogP contribution in [0.25, 0.3) is 0 Å². The van der Waals surface area contributed by atoms with Crippen molar-refractivity contribution < 1.29 is 70.0 Å². The molecule has 0 aromatic rings. The Hall–Kier alpha value is -0.820. The lowest BCUT2D eigenvalue weighted by molar-refractivity contribution is -0.340. The number of hydrogen-bond donors (Lipinski definition) is 10. The Bertz CT molecular complexity index is 1440. The molecule has 10 N–H and O–H groups in total. The molecule has 2 aliphatic heterocycles. The second-order valence-corrected chi connectivity index (χ2v) is 20.1. The van der Waals surface area contributed by atoms with E-state index < -0.39 is 98.4 Å². The van der Waals surface area contributed by atoms with Crippen LogP contribution in [0, 0.1) is 50.7 Å². The average molecular weight is 799 g/mol. The minimum atomic E-state index is -1.61. The van der Waals surface area contributed by atoms with Gasteiger partial charge in [0, 0.05) is 5.41 Å². The summed E-state index contributed by atoms with van der Waals surface area (Å²) >= 11 is 0. The van der Waals surface area contributed by atoms with Crippen molar-refractivity contribution in [1.82, 2.24) is 0 Å². The van der Waals surface area contributed by atoms with E-state index in [4.69, 9.17) is 18.9 Å². The van der Waals surface area contributed by atoms with Crippen LogP contribution >= 0.6 is 0 Å². The monoisotopic (exact) mass is 798 g/mol. The van der Waals surface area contributed by atoms with E-state index in [1.807, 2.05) is 13.8 Å². The molecule has 0 radical (unpaired) electrons. The number of allylic oxidation sites excluding steroid dienone is 1. The fourth-order valence-corrected chi connectivity index (χ4v) is 14.2. The van der Waals surface area contributed by atoms with Crippen molar-refractivity contribution in [2.24, 2.45) is 50.7 Å². The summed E-state index contributed by atoms with van der Waals surface area (Å²) in [5.74, 6) is 0.242. The van der Waals surface area contributed by atoms with E-state index in [9.17, 15) is 51.1 Å². The molecule has 2 spiro atoms. The molecule has 1 unspecified atom stereocenters.